The summed E-state index contributed by atoms with van der Waals surface area (Å²) in [5.74, 6) is 0.223. The number of rotatable bonds is 8. The van der Waals surface area contributed by atoms with Gasteiger partial charge in [0, 0.05) is 31.5 Å². The lowest BCUT2D eigenvalue weighted by atomic mass is 10.1. The van der Waals surface area contributed by atoms with Gasteiger partial charge in [0.2, 0.25) is 0 Å². The molecule has 1 N–H and O–H groups in total. The molecule has 0 saturated carbocycles. The van der Waals surface area contributed by atoms with Crippen molar-refractivity contribution in [2.24, 2.45) is 0 Å². The molecule has 0 spiro atoms. The van der Waals surface area contributed by atoms with E-state index in [0.29, 0.717) is 11.4 Å². The molecule has 0 unspecified atom stereocenters. The van der Waals surface area contributed by atoms with Gasteiger partial charge >= 0.3 is 0 Å². The second-order valence-corrected chi connectivity index (χ2v) is 11.1. The third-order valence-corrected chi connectivity index (χ3v) is 8.77. The molecular weight excluding hydrogens is 458 g/mol. The summed E-state index contributed by atoms with van der Waals surface area (Å²) in [5, 5.41) is 4.60. The molecule has 1 aliphatic rings. The normalized spacial score (nSPS) is 13.7. The number of carbonyl (C=O) groups is 1. The molecule has 0 atom stereocenters. The molecule has 1 fully saturated rings. The topological polar surface area (TPSA) is 79.0 Å². The van der Waals surface area contributed by atoms with Crippen LogP contribution in [0.3, 0.4) is 0 Å². The number of ether oxygens (including phenoxy) is 1. The van der Waals surface area contributed by atoms with Crippen LogP contribution in [0.2, 0.25) is 0 Å². The quantitative estimate of drug-likeness (QED) is 0.508. The Hall–Kier alpha value is -3.04. The van der Waals surface area contributed by atoms with E-state index in [1.807, 2.05) is 12.1 Å². The van der Waals surface area contributed by atoms with Gasteiger partial charge in [0.05, 0.1) is 5.69 Å². The Morgan fingerprint density at radius 3 is 2.48 bits per heavy atom. The number of hydrogen-bond donors (Lipinski definition) is 1. The molecule has 33 heavy (non-hydrogen) atoms. The molecule has 1 aliphatic heterocycles. The van der Waals surface area contributed by atoms with Crippen molar-refractivity contribution < 1.29 is 17.9 Å². The lowest BCUT2D eigenvalue weighted by Gasteiger charge is -2.20. The van der Waals surface area contributed by atoms with E-state index in [-0.39, 0.29) is 16.7 Å². The zero-order valence-corrected chi connectivity index (χ0v) is 20.3. The van der Waals surface area contributed by atoms with E-state index in [0.717, 1.165) is 24.3 Å². The lowest BCUT2D eigenvalue weighted by molar-refractivity contribution is -0.118. The number of hydrogen-bond acceptors (Lipinski definition) is 6. The van der Waals surface area contributed by atoms with Crippen LogP contribution in [0.1, 0.15) is 18.4 Å². The number of nitrogens with one attached hydrogen (secondary N) is 1. The average Bonchev–Trinajstić information content (AvgIpc) is 3.52. The minimum Gasteiger partial charge on any atom is -0.484 e. The van der Waals surface area contributed by atoms with Gasteiger partial charge in [-0.25, -0.2) is 8.42 Å². The number of anilines is 3. The van der Waals surface area contributed by atoms with Crippen LogP contribution in [0, 0.1) is 6.92 Å². The average molecular weight is 486 g/mol. The summed E-state index contributed by atoms with van der Waals surface area (Å²) < 4.78 is 32.4. The number of aryl methyl sites for hydroxylation is 1. The molecular formula is C24H27N3O4S2. The second kappa shape index (κ2) is 9.84. The van der Waals surface area contributed by atoms with E-state index in [9.17, 15) is 13.2 Å². The number of thiophene rings is 1. The smallest absolute Gasteiger partial charge is 0.273 e. The van der Waals surface area contributed by atoms with Crippen LogP contribution in [0.4, 0.5) is 17.1 Å². The number of sulfonamides is 1. The Kier molecular flexibility index (Phi) is 6.90. The summed E-state index contributed by atoms with van der Waals surface area (Å²) in [6.07, 6.45) is 2.44. The molecule has 0 radical (unpaired) electrons. The van der Waals surface area contributed by atoms with Crippen LogP contribution >= 0.6 is 11.3 Å². The van der Waals surface area contributed by atoms with Crippen LogP contribution in [-0.4, -0.2) is 41.1 Å². The molecule has 174 valence electrons. The summed E-state index contributed by atoms with van der Waals surface area (Å²) >= 11 is 1.17. The first-order valence-electron chi connectivity index (χ1n) is 10.8. The van der Waals surface area contributed by atoms with E-state index in [1.54, 1.807) is 41.8 Å². The molecule has 7 nitrogen and oxygen atoms in total. The monoisotopic (exact) mass is 485 g/mol. The standard InChI is InChI=1S/C24H27N3O4S2/c1-18-16-19(7-12-22(18)27-13-3-4-14-27)25-23(28)17-31-21-10-8-20(9-11-21)26(2)33(29,30)24-6-5-15-32-24/h5-12,15-16H,3-4,13-14,17H2,1-2H3,(H,25,28). The Morgan fingerprint density at radius 2 is 1.85 bits per heavy atom. The highest BCUT2D eigenvalue weighted by Crippen LogP contribution is 2.28. The highest BCUT2D eigenvalue weighted by molar-refractivity contribution is 7.94. The zero-order chi connectivity index (χ0) is 23.4. The Labute approximate surface area is 198 Å². The van der Waals surface area contributed by atoms with Gasteiger partial charge < -0.3 is 15.0 Å². The summed E-state index contributed by atoms with van der Waals surface area (Å²) in [5.41, 5.74) is 3.59. The highest BCUT2D eigenvalue weighted by Gasteiger charge is 2.22. The van der Waals surface area contributed by atoms with Gasteiger partial charge in [-0.1, -0.05) is 6.07 Å². The molecule has 2 aromatic carbocycles. The molecule has 4 rings (SSSR count). The van der Waals surface area contributed by atoms with Crippen LogP contribution in [-0.2, 0) is 14.8 Å². The van der Waals surface area contributed by atoms with Gasteiger partial charge in [0.25, 0.3) is 15.9 Å². The van der Waals surface area contributed by atoms with E-state index >= 15 is 0 Å². The first-order chi connectivity index (χ1) is 15.8. The van der Waals surface area contributed by atoms with E-state index in [1.165, 1.54) is 41.2 Å². The van der Waals surface area contributed by atoms with Gasteiger partial charge in [-0.15, -0.1) is 11.3 Å². The maximum Gasteiger partial charge on any atom is 0.273 e. The Bertz CT molecular complexity index is 1200. The predicted octanol–water partition coefficient (Wildman–Crippen LogP) is 4.50. The largest absolute Gasteiger partial charge is 0.484 e. The van der Waals surface area contributed by atoms with Gasteiger partial charge in [0.1, 0.15) is 9.96 Å². The Balaban J connectivity index is 1.32. The third-order valence-electron chi connectivity index (χ3n) is 5.61. The molecule has 1 amide bonds. The van der Waals surface area contributed by atoms with Crippen molar-refractivity contribution in [2.75, 3.05) is 41.3 Å². The minimum atomic E-state index is -3.59. The molecule has 2 heterocycles. The van der Waals surface area contributed by atoms with Crippen LogP contribution in [0.5, 0.6) is 5.75 Å². The van der Waals surface area contributed by atoms with Gasteiger partial charge in [-0.2, -0.15) is 0 Å². The maximum atomic E-state index is 12.6. The predicted molar refractivity (Wildman–Crippen MR) is 133 cm³/mol. The van der Waals surface area contributed by atoms with Gasteiger partial charge in [-0.3, -0.25) is 9.10 Å². The van der Waals surface area contributed by atoms with Gasteiger partial charge in [0.15, 0.2) is 6.61 Å². The number of carbonyl (C=O) groups excluding carboxylic acids is 1. The molecule has 3 aromatic rings. The third kappa shape index (κ3) is 5.31. The molecule has 9 heteroatoms. The van der Waals surface area contributed by atoms with Crippen LogP contribution < -0.4 is 19.3 Å². The van der Waals surface area contributed by atoms with Crippen molar-refractivity contribution in [2.45, 2.75) is 24.0 Å². The number of nitrogens with zero attached hydrogens (tertiary/aromatic N) is 2. The number of benzene rings is 2. The van der Waals surface area contributed by atoms with Crippen molar-refractivity contribution in [3.63, 3.8) is 0 Å². The molecule has 1 saturated heterocycles. The first kappa shape index (κ1) is 23.1. The molecule has 0 bridgehead atoms. The van der Waals surface area contributed by atoms with Crippen LogP contribution in [0.15, 0.2) is 64.2 Å². The molecule has 0 aliphatic carbocycles. The zero-order valence-electron chi connectivity index (χ0n) is 18.7. The summed E-state index contributed by atoms with van der Waals surface area (Å²) in [7, 11) is -2.08. The van der Waals surface area contributed by atoms with E-state index in [4.69, 9.17) is 4.74 Å². The fourth-order valence-electron chi connectivity index (χ4n) is 3.83. The van der Waals surface area contributed by atoms with Crippen LogP contribution in [0.25, 0.3) is 0 Å². The van der Waals surface area contributed by atoms with Crippen molar-refractivity contribution in [1.29, 1.82) is 0 Å². The SMILES string of the molecule is Cc1cc(NC(=O)COc2ccc(N(C)S(=O)(=O)c3cccs3)cc2)ccc1N1CCCC1. The summed E-state index contributed by atoms with van der Waals surface area (Å²) in [4.78, 5) is 14.7. The van der Waals surface area contributed by atoms with Crippen molar-refractivity contribution in [3.05, 3.63) is 65.5 Å². The lowest BCUT2D eigenvalue weighted by Crippen LogP contribution is -2.25. The second-order valence-electron chi connectivity index (χ2n) is 7.93. The first-order valence-corrected chi connectivity index (χ1v) is 13.1. The summed E-state index contributed by atoms with van der Waals surface area (Å²) in [6.45, 7) is 4.07. The minimum absolute atomic E-state index is 0.143. The van der Waals surface area contributed by atoms with Crippen molar-refractivity contribution in [3.8, 4) is 5.75 Å². The summed E-state index contributed by atoms with van der Waals surface area (Å²) in [6, 6.07) is 15.8. The van der Waals surface area contributed by atoms with E-state index < -0.39 is 10.0 Å². The highest BCUT2D eigenvalue weighted by atomic mass is 32.2. The fraction of sp³-hybridized carbons (Fsp3) is 0.292. The Morgan fingerprint density at radius 1 is 1.12 bits per heavy atom. The van der Waals surface area contributed by atoms with Gasteiger partial charge in [-0.05, 0) is 79.2 Å². The van der Waals surface area contributed by atoms with Crippen molar-refractivity contribution >= 4 is 44.3 Å². The van der Waals surface area contributed by atoms with Crippen molar-refractivity contribution in [1.82, 2.24) is 0 Å². The maximum absolute atomic E-state index is 12.6. The fourth-order valence-corrected chi connectivity index (χ4v) is 6.18. The van der Waals surface area contributed by atoms with E-state index in [2.05, 4.69) is 23.2 Å². The molecule has 1 aromatic heterocycles. The number of amides is 1.